The number of methoxy groups -OCH3 is 1. The van der Waals surface area contributed by atoms with E-state index in [0.717, 1.165) is 34.5 Å². The first-order valence-corrected chi connectivity index (χ1v) is 9.20. The minimum absolute atomic E-state index is 0.0678. The third-order valence-electron chi connectivity index (χ3n) is 5.55. The summed E-state index contributed by atoms with van der Waals surface area (Å²) in [6.07, 6.45) is 1.15. The van der Waals surface area contributed by atoms with Crippen LogP contribution in [-0.4, -0.2) is 22.3 Å². The van der Waals surface area contributed by atoms with Crippen LogP contribution in [0.3, 0.4) is 0 Å². The van der Waals surface area contributed by atoms with Gasteiger partial charge in [0.15, 0.2) is 11.4 Å². The highest BCUT2D eigenvalue weighted by Crippen LogP contribution is 2.36. The van der Waals surface area contributed by atoms with Crippen LogP contribution in [0.15, 0.2) is 54.6 Å². The number of para-hydroxylation sites is 2. The second-order valence-corrected chi connectivity index (χ2v) is 7.09. The Morgan fingerprint density at radius 3 is 2.68 bits per heavy atom. The summed E-state index contributed by atoms with van der Waals surface area (Å²) in [5.41, 5.74) is 5.48. The van der Waals surface area contributed by atoms with Crippen molar-refractivity contribution in [2.75, 3.05) is 7.11 Å². The number of hydrogen-bond acceptors (Lipinski definition) is 4. The zero-order chi connectivity index (χ0) is 19.3. The fourth-order valence-corrected chi connectivity index (χ4v) is 4.17. The Morgan fingerprint density at radius 1 is 1.14 bits per heavy atom. The lowest BCUT2D eigenvalue weighted by molar-refractivity contribution is 0.0963. The Morgan fingerprint density at radius 2 is 1.93 bits per heavy atom. The molecule has 5 heteroatoms. The summed E-state index contributed by atoms with van der Waals surface area (Å²) in [6, 6.07) is 19.6. The lowest BCUT2D eigenvalue weighted by Crippen LogP contribution is -2.22. The average Bonchev–Trinajstić information content (AvgIpc) is 3.13. The molecule has 5 nitrogen and oxygen atoms in total. The van der Waals surface area contributed by atoms with Crippen molar-refractivity contribution in [3.8, 4) is 11.8 Å². The smallest absolute Gasteiger partial charge is 0.165 e. The van der Waals surface area contributed by atoms with Crippen LogP contribution in [0, 0.1) is 11.3 Å². The summed E-state index contributed by atoms with van der Waals surface area (Å²) in [5.74, 6) is 0.953. The SMILES string of the molecule is COc1ccc(C2CC(=O)c3cc(C#N)c4nc5ccccc5n4c3C2)cc1. The molecule has 0 aliphatic heterocycles. The van der Waals surface area contributed by atoms with Crippen molar-refractivity contribution in [2.45, 2.75) is 18.8 Å². The van der Waals surface area contributed by atoms with Gasteiger partial charge in [-0.1, -0.05) is 24.3 Å². The highest BCUT2D eigenvalue weighted by Gasteiger charge is 2.30. The van der Waals surface area contributed by atoms with E-state index in [1.807, 2.05) is 52.9 Å². The summed E-state index contributed by atoms with van der Waals surface area (Å²) in [5, 5.41) is 9.60. The number of carbonyl (C=O) groups is 1. The predicted octanol–water partition coefficient (Wildman–Crippen LogP) is 4.28. The van der Waals surface area contributed by atoms with Crippen LogP contribution in [0.25, 0.3) is 16.7 Å². The first-order chi connectivity index (χ1) is 13.7. The number of pyridine rings is 1. The number of fused-ring (bicyclic) bond motifs is 5. The van der Waals surface area contributed by atoms with E-state index in [2.05, 4.69) is 11.1 Å². The molecule has 1 atom stereocenters. The molecule has 0 radical (unpaired) electrons. The van der Waals surface area contributed by atoms with E-state index < -0.39 is 0 Å². The number of ether oxygens (including phenoxy) is 1. The molecule has 136 valence electrons. The molecular weight excluding hydrogens is 350 g/mol. The number of ketones is 1. The summed E-state index contributed by atoms with van der Waals surface area (Å²) in [7, 11) is 1.64. The van der Waals surface area contributed by atoms with Crippen molar-refractivity contribution in [3.05, 3.63) is 77.0 Å². The van der Waals surface area contributed by atoms with Gasteiger partial charge in [-0.2, -0.15) is 5.26 Å². The van der Waals surface area contributed by atoms with Crippen molar-refractivity contribution >= 4 is 22.5 Å². The minimum atomic E-state index is 0.0678. The molecule has 4 aromatic rings. The van der Waals surface area contributed by atoms with E-state index in [-0.39, 0.29) is 11.7 Å². The highest BCUT2D eigenvalue weighted by molar-refractivity contribution is 6.00. The molecule has 0 amide bonds. The third-order valence-corrected chi connectivity index (χ3v) is 5.55. The monoisotopic (exact) mass is 367 g/mol. The van der Waals surface area contributed by atoms with Crippen LogP contribution in [0.1, 0.15) is 39.5 Å². The summed E-state index contributed by atoms with van der Waals surface area (Å²) in [4.78, 5) is 17.6. The lowest BCUT2D eigenvalue weighted by Gasteiger charge is -2.25. The number of benzene rings is 2. The number of aromatic nitrogens is 2. The van der Waals surface area contributed by atoms with Gasteiger partial charge in [-0.05, 0) is 48.2 Å². The molecular formula is C23H17N3O2. The van der Waals surface area contributed by atoms with Gasteiger partial charge in [-0.3, -0.25) is 9.20 Å². The van der Waals surface area contributed by atoms with Gasteiger partial charge < -0.3 is 4.74 Å². The number of hydrogen-bond donors (Lipinski definition) is 0. The van der Waals surface area contributed by atoms with Crippen LogP contribution < -0.4 is 4.74 Å². The Hall–Kier alpha value is -3.65. The quantitative estimate of drug-likeness (QED) is 0.530. The molecule has 28 heavy (non-hydrogen) atoms. The largest absolute Gasteiger partial charge is 0.497 e. The van der Waals surface area contributed by atoms with E-state index in [1.165, 1.54) is 0 Å². The molecule has 2 aromatic heterocycles. The fourth-order valence-electron chi connectivity index (χ4n) is 4.17. The molecule has 1 aliphatic rings. The van der Waals surface area contributed by atoms with Crippen molar-refractivity contribution < 1.29 is 9.53 Å². The molecule has 0 spiro atoms. The lowest BCUT2D eigenvalue weighted by atomic mass is 9.81. The number of rotatable bonds is 2. The molecule has 2 aromatic carbocycles. The van der Waals surface area contributed by atoms with Crippen LogP contribution in [0.2, 0.25) is 0 Å². The van der Waals surface area contributed by atoms with Gasteiger partial charge in [0.25, 0.3) is 0 Å². The van der Waals surface area contributed by atoms with E-state index in [4.69, 9.17) is 4.74 Å². The number of imidazole rings is 1. The average molecular weight is 367 g/mol. The molecule has 1 aliphatic carbocycles. The Labute approximate surface area is 161 Å². The number of nitrogens with zero attached hydrogens (tertiary/aromatic N) is 3. The first kappa shape index (κ1) is 16.5. The molecule has 1 unspecified atom stereocenters. The van der Waals surface area contributed by atoms with E-state index in [0.29, 0.717) is 23.2 Å². The van der Waals surface area contributed by atoms with Gasteiger partial charge in [-0.15, -0.1) is 0 Å². The summed E-state index contributed by atoms with van der Waals surface area (Å²) < 4.78 is 7.24. The third kappa shape index (κ3) is 2.39. The zero-order valence-electron chi connectivity index (χ0n) is 15.3. The standard InChI is InChI=1S/C23H17N3O2/c1-28-17-8-6-14(7-9-17)15-11-21-18(22(27)12-15)10-16(13-24)23-25-19-4-2-3-5-20(19)26(21)23/h2-10,15H,11-12H2,1H3. The fraction of sp³-hybridized carbons (Fsp3) is 0.174. The maximum atomic E-state index is 13.0. The maximum Gasteiger partial charge on any atom is 0.165 e. The van der Waals surface area contributed by atoms with Gasteiger partial charge in [0, 0.05) is 17.7 Å². The van der Waals surface area contributed by atoms with E-state index in [1.54, 1.807) is 13.2 Å². The molecule has 0 bridgehead atoms. The molecule has 0 fully saturated rings. The molecule has 0 saturated heterocycles. The van der Waals surface area contributed by atoms with Gasteiger partial charge in [0.2, 0.25) is 0 Å². The first-order valence-electron chi connectivity index (χ1n) is 9.20. The second kappa shape index (κ2) is 6.21. The topological polar surface area (TPSA) is 67.4 Å². The second-order valence-electron chi connectivity index (χ2n) is 7.09. The number of nitriles is 1. The van der Waals surface area contributed by atoms with E-state index >= 15 is 0 Å². The molecule has 5 rings (SSSR count). The summed E-state index contributed by atoms with van der Waals surface area (Å²) >= 11 is 0. The van der Waals surface area contributed by atoms with Crippen LogP contribution >= 0.6 is 0 Å². The van der Waals surface area contributed by atoms with Crippen LogP contribution in [-0.2, 0) is 6.42 Å². The van der Waals surface area contributed by atoms with Gasteiger partial charge in [0.1, 0.15) is 11.8 Å². The van der Waals surface area contributed by atoms with Gasteiger partial charge in [-0.25, -0.2) is 4.98 Å². The molecule has 2 heterocycles. The summed E-state index contributed by atoms with van der Waals surface area (Å²) in [6.45, 7) is 0. The van der Waals surface area contributed by atoms with Gasteiger partial charge >= 0.3 is 0 Å². The van der Waals surface area contributed by atoms with Crippen molar-refractivity contribution in [3.63, 3.8) is 0 Å². The number of carbonyl (C=O) groups excluding carboxylic acids is 1. The minimum Gasteiger partial charge on any atom is -0.497 e. The maximum absolute atomic E-state index is 13.0. The Kier molecular flexibility index (Phi) is 3.66. The molecule has 0 N–H and O–H groups in total. The number of Topliss-reactive ketones (excluding diaryl/α,β-unsaturated/α-hetero) is 1. The normalized spacial score (nSPS) is 16.1. The van der Waals surface area contributed by atoms with Crippen LogP contribution in [0.4, 0.5) is 0 Å². The van der Waals surface area contributed by atoms with Crippen molar-refractivity contribution in [1.82, 2.24) is 9.38 Å². The van der Waals surface area contributed by atoms with Crippen molar-refractivity contribution in [2.24, 2.45) is 0 Å². The predicted molar refractivity (Wildman–Crippen MR) is 106 cm³/mol. The highest BCUT2D eigenvalue weighted by atomic mass is 16.5. The van der Waals surface area contributed by atoms with Crippen molar-refractivity contribution in [1.29, 1.82) is 5.26 Å². The van der Waals surface area contributed by atoms with Crippen LogP contribution in [0.5, 0.6) is 5.75 Å². The van der Waals surface area contributed by atoms with E-state index in [9.17, 15) is 10.1 Å². The Bertz CT molecular complexity index is 1280. The van der Waals surface area contributed by atoms with Gasteiger partial charge in [0.05, 0.1) is 23.7 Å². The molecule has 0 saturated carbocycles. The zero-order valence-corrected chi connectivity index (χ0v) is 15.3. The Balaban J connectivity index is 1.73.